The van der Waals surface area contributed by atoms with Crippen LogP contribution in [0, 0.1) is 11.8 Å². The smallest absolute Gasteiger partial charge is 0.394 e. The number of nitrogens with zero attached hydrogens (tertiary/aromatic N) is 1. The molecule has 1 aromatic rings. The van der Waals surface area contributed by atoms with Crippen molar-refractivity contribution in [2.75, 3.05) is 20.2 Å². The minimum absolute atomic E-state index is 0.231. The number of carboxylic acids is 1. The maximum absolute atomic E-state index is 13.0. The molecule has 1 aromatic carbocycles. The highest BCUT2D eigenvalue weighted by atomic mass is 19.4. The summed E-state index contributed by atoms with van der Waals surface area (Å²) in [6, 6.07) is 4.47. The quantitative estimate of drug-likeness (QED) is 0.800. The predicted molar refractivity (Wildman–Crippen MR) is 84.0 cm³/mol. The van der Waals surface area contributed by atoms with Gasteiger partial charge < -0.3 is 14.7 Å². The van der Waals surface area contributed by atoms with E-state index in [0.29, 0.717) is 16.9 Å². The average Bonchev–Trinajstić information content (AvgIpc) is 3.00. The maximum atomic E-state index is 13.0. The molecule has 1 saturated heterocycles. The summed E-state index contributed by atoms with van der Waals surface area (Å²) >= 11 is 0. The number of carbonyl (C=O) groups is 3. The molecule has 2 atom stereocenters. The summed E-state index contributed by atoms with van der Waals surface area (Å²) in [4.78, 5) is 35.9. The van der Waals surface area contributed by atoms with E-state index in [1.54, 1.807) is 0 Å². The van der Waals surface area contributed by atoms with E-state index in [2.05, 4.69) is 0 Å². The summed E-state index contributed by atoms with van der Waals surface area (Å²) in [5, 5.41) is 9.02. The lowest BCUT2D eigenvalue weighted by Gasteiger charge is -2.19. The van der Waals surface area contributed by atoms with Crippen LogP contribution in [0.15, 0.2) is 18.2 Å². The molecule has 0 bridgehead atoms. The number of halogens is 3. The van der Waals surface area contributed by atoms with Crippen molar-refractivity contribution < 1.29 is 37.4 Å². The lowest BCUT2D eigenvalue weighted by molar-refractivity contribution is -0.188. The Kier molecular flexibility index (Phi) is 5.58. The van der Waals surface area contributed by atoms with E-state index in [1.165, 1.54) is 32.2 Å². The fourth-order valence-corrected chi connectivity index (χ4v) is 3.00. The van der Waals surface area contributed by atoms with Gasteiger partial charge in [-0.3, -0.25) is 14.4 Å². The highest BCUT2D eigenvalue weighted by Gasteiger charge is 2.53. The van der Waals surface area contributed by atoms with Crippen LogP contribution in [-0.4, -0.2) is 54.0 Å². The first-order valence-electron chi connectivity index (χ1n) is 7.79. The molecule has 1 N–H and O–H groups in total. The second-order valence-corrected chi connectivity index (χ2v) is 6.15. The average molecular weight is 373 g/mol. The molecule has 6 nitrogen and oxygen atoms in total. The number of carbonyl (C=O) groups excluding carboxylic acids is 2. The van der Waals surface area contributed by atoms with Crippen LogP contribution >= 0.6 is 0 Å². The summed E-state index contributed by atoms with van der Waals surface area (Å²) in [5.41, 5.74) is 0.694. The van der Waals surface area contributed by atoms with Gasteiger partial charge in [0.2, 0.25) is 5.91 Å². The summed E-state index contributed by atoms with van der Waals surface area (Å²) in [7, 11) is 1.37. The molecule has 1 heterocycles. The molecule has 0 aromatic heterocycles. The first kappa shape index (κ1) is 19.7. The van der Waals surface area contributed by atoms with Gasteiger partial charge >= 0.3 is 12.1 Å². The molecule has 1 amide bonds. The van der Waals surface area contributed by atoms with Gasteiger partial charge in [0, 0.05) is 24.2 Å². The van der Waals surface area contributed by atoms with Gasteiger partial charge in [-0.05, 0) is 25.1 Å². The molecule has 1 aliphatic heterocycles. The van der Waals surface area contributed by atoms with Crippen LogP contribution in [-0.2, 0) is 16.0 Å². The van der Waals surface area contributed by atoms with Gasteiger partial charge in [0.1, 0.15) is 5.75 Å². The molecule has 0 unspecified atom stereocenters. The van der Waals surface area contributed by atoms with Crippen LogP contribution in [0.4, 0.5) is 13.2 Å². The monoisotopic (exact) mass is 373 g/mol. The van der Waals surface area contributed by atoms with Crippen LogP contribution in [0.3, 0.4) is 0 Å². The number of amides is 1. The first-order chi connectivity index (χ1) is 12.0. The number of hydrogen-bond acceptors (Lipinski definition) is 4. The van der Waals surface area contributed by atoms with Crippen molar-refractivity contribution >= 4 is 17.7 Å². The summed E-state index contributed by atoms with van der Waals surface area (Å²) in [6.07, 6.45) is -4.99. The van der Waals surface area contributed by atoms with Crippen LogP contribution in [0.25, 0.3) is 0 Å². The lowest BCUT2D eigenvalue weighted by Crippen LogP contribution is -2.34. The molecule has 0 aliphatic carbocycles. The zero-order valence-electron chi connectivity index (χ0n) is 14.2. The largest absolute Gasteiger partial charge is 0.496 e. The number of carboxylic acid groups (broad SMARTS) is 1. The number of aliphatic carboxylic acids is 1. The summed E-state index contributed by atoms with van der Waals surface area (Å²) < 4.78 is 44.2. The Morgan fingerprint density at radius 2 is 1.92 bits per heavy atom. The summed E-state index contributed by atoms with van der Waals surface area (Å²) in [5.74, 6) is -5.94. The van der Waals surface area contributed by atoms with Gasteiger partial charge in [-0.1, -0.05) is 0 Å². The SMILES string of the molecule is COc1ccc(C(C)=O)cc1CC(=O)N1C[C@@H](C(F)(F)F)[C@H](C(=O)O)C1. The van der Waals surface area contributed by atoms with E-state index in [0.717, 1.165) is 4.90 Å². The fourth-order valence-electron chi connectivity index (χ4n) is 3.00. The number of ether oxygens (including phenoxy) is 1. The standard InChI is InChI=1S/C17H18F3NO5/c1-9(22)10-3-4-14(26-2)11(5-10)6-15(23)21-7-12(16(24)25)13(8-21)17(18,19)20/h3-5,12-13H,6-8H2,1-2H3,(H,24,25)/t12-,13-/m1/s1. The molecule has 0 spiro atoms. The van der Waals surface area contributed by atoms with Gasteiger partial charge in [-0.25, -0.2) is 0 Å². The third kappa shape index (κ3) is 4.14. The number of ketones is 1. The fraction of sp³-hybridized carbons (Fsp3) is 0.471. The normalized spacial score (nSPS) is 20.1. The molecule has 1 aliphatic rings. The second-order valence-electron chi connectivity index (χ2n) is 6.15. The highest BCUT2D eigenvalue weighted by Crippen LogP contribution is 2.38. The van der Waals surface area contributed by atoms with Gasteiger partial charge in [0.15, 0.2) is 5.78 Å². The molecule has 1 fully saturated rings. The highest BCUT2D eigenvalue weighted by molar-refractivity contribution is 5.94. The van der Waals surface area contributed by atoms with Crippen LogP contribution in [0.5, 0.6) is 5.75 Å². The van der Waals surface area contributed by atoms with Crippen molar-refractivity contribution in [2.45, 2.75) is 19.5 Å². The molecule has 2 rings (SSSR count). The van der Waals surface area contributed by atoms with Gasteiger partial charge in [0.25, 0.3) is 0 Å². The van der Waals surface area contributed by atoms with E-state index >= 15 is 0 Å². The minimum atomic E-state index is -4.70. The molecule has 9 heteroatoms. The molecule has 0 saturated carbocycles. The van der Waals surface area contributed by atoms with Crippen LogP contribution in [0.1, 0.15) is 22.8 Å². The van der Waals surface area contributed by atoms with E-state index in [4.69, 9.17) is 9.84 Å². The third-order valence-electron chi connectivity index (χ3n) is 4.44. The Balaban J connectivity index is 2.21. The van der Waals surface area contributed by atoms with Crippen molar-refractivity contribution in [3.8, 4) is 5.75 Å². The number of hydrogen-bond donors (Lipinski definition) is 1. The number of rotatable bonds is 5. The predicted octanol–water partition coefficient (Wildman–Crippen LogP) is 2.16. The zero-order valence-corrected chi connectivity index (χ0v) is 14.2. The van der Waals surface area contributed by atoms with Crippen LogP contribution in [0.2, 0.25) is 0 Å². The van der Waals surface area contributed by atoms with Crippen molar-refractivity contribution in [1.82, 2.24) is 4.90 Å². The van der Waals surface area contributed by atoms with E-state index in [1.807, 2.05) is 0 Å². The Morgan fingerprint density at radius 3 is 2.38 bits per heavy atom. The van der Waals surface area contributed by atoms with Gasteiger partial charge in [-0.15, -0.1) is 0 Å². The van der Waals surface area contributed by atoms with Crippen molar-refractivity contribution in [3.63, 3.8) is 0 Å². The lowest BCUT2D eigenvalue weighted by atomic mass is 9.96. The molecular weight excluding hydrogens is 355 g/mol. The second kappa shape index (κ2) is 7.35. The van der Waals surface area contributed by atoms with E-state index in [9.17, 15) is 27.6 Å². The minimum Gasteiger partial charge on any atom is -0.496 e. The number of benzene rings is 1. The number of alkyl halides is 3. The van der Waals surface area contributed by atoms with Gasteiger partial charge in [0.05, 0.1) is 25.4 Å². The number of Topliss-reactive ketones (excluding diaryl/α,β-unsaturated/α-hetero) is 1. The number of likely N-dealkylation sites (tertiary alicyclic amines) is 1. The zero-order chi connectivity index (χ0) is 19.6. The van der Waals surface area contributed by atoms with Crippen molar-refractivity contribution in [1.29, 1.82) is 0 Å². The number of methoxy groups -OCH3 is 1. The van der Waals surface area contributed by atoms with Crippen LogP contribution < -0.4 is 4.74 Å². The first-order valence-corrected chi connectivity index (χ1v) is 7.79. The Hall–Kier alpha value is -2.58. The molecule has 0 radical (unpaired) electrons. The third-order valence-corrected chi connectivity index (χ3v) is 4.44. The van der Waals surface area contributed by atoms with Crippen molar-refractivity contribution in [3.05, 3.63) is 29.3 Å². The Morgan fingerprint density at radius 1 is 1.27 bits per heavy atom. The van der Waals surface area contributed by atoms with E-state index < -0.39 is 43.0 Å². The van der Waals surface area contributed by atoms with E-state index in [-0.39, 0.29) is 12.2 Å². The molecular formula is C17H18F3NO5. The Bertz CT molecular complexity index is 732. The summed E-state index contributed by atoms with van der Waals surface area (Å²) in [6.45, 7) is 0.139. The topological polar surface area (TPSA) is 83.9 Å². The Labute approximate surface area is 147 Å². The maximum Gasteiger partial charge on any atom is 0.394 e. The molecule has 142 valence electrons. The molecule has 26 heavy (non-hydrogen) atoms. The van der Waals surface area contributed by atoms with Gasteiger partial charge in [-0.2, -0.15) is 13.2 Å². The van der Waals surface area contributed by atoms with Crippen molar-refractivity contribution in [2.24, 2.45) is 11.8 Å².